The number of ether oxygens (including phenoxy) is 2. The molecule has 0 heterocycles. The summed E-state index contributed by atoms with van der Waals surface area (Å²) in [5.41, 5.74) is 1.68. The maximum atomic E-state index is 13.2. The van der Waals surface area contributed by atoms with Crippen LogP contribution in [0.25, 0.3) is 0 Å². The molecule has 2 unspecified atom stereocenters. The van der Waals surface area contributed by atoms with Gasteiger partial charge in [0.1, 0.15) is 17.4 Å². The SMILES string of the molecule is CC1=CC(F)=CC(C)C1OCCCOc1ccc(F)cc1C. The van der Waals surface area contributed by atoms with Gasteiger partial charge in [0.15, 0.2) is 0 Å². The lowest BCUT2D eigenvalue weighted by atomic mass is 9.93. The molecule has 2 rings (SSSR count). The van der Waals surface area contributed by atoms with E-state index in [2.05, 4.69) is 0 Å². The second kappa shape index (κ2) is 7.54. The van der Waals surface area contributed by atoms with Crippen molar-refractivity contribution in [3.05, 3.63) is 53.1 Å². The number of allylic oxidation sites excluding steroid dienone is 2. The van der Waals surface area contributed by atoms with E-state index in [-0.39, 0.29) is 23.7 Å². The molecule has 120 valence electrons. The van der Waals surface area contributed by atoms with Crippen molar-refractivity contribution in [2.24, 2.45) is 5.92 Å². The van der Waals surface area contributed by atoms with Crippen LogP contribution in [0, 0.1) is 18.7 Å². The van der Waals surface area contributed by atoms with Gasteiger partial charge in [0.2, 0.25) is 0 Å². The number of hydrogen-bond donors (Lipinski definition) is 0. The Hall–Kier alpha value is -1.68. The Balaban J connectivity index is 1.73. The summed E-state index contributed by atoms with van der Waals surface area (Å²) in [6.07, 6.45) is 3.74. The minimum atomic E-state index is -0.262. The third-order valence-electron chi connectivity index (χ3n) is 3.69. The van der Waals surface area contributed by atoms with E-state index in [0.717, 1.165) is 17.6 Å². The number of rotatable bonds is 6. The Bertz CT molecular complexity index is 578. The van der Waals surface area contributed by atoms with Crippen molar-refractivity contribution in [1.82, 2.24) is 0 Å². The summed E-state index contributed by atoms with van der Waals surface area (Å²) in [7, 11) is 0. The molecule has 0 saturated heterocycles. The molecule has 0 N–H and O–H groups in total. The van der Waals surface area contributed by atoms with E-state index in [1.807, 2.05) is 20.8 Å². The molecule has 1 aliphatic carbocycles. The van der Waals surface area contributed by atoms with Crippen molar-refractivity contribution in [1.29, 1.82) is 0 Å². The van der Waals surface area contributed by atoms with Crippen molar-refractivity contribution < 1.29 is 18.3 Å². The molecule has 1 aromatic rings. The molecule has 1 aromatic carbocycles. The van der Waals surface area contributed by atoms with Crippen molar-refractivity contribution in [2.75, 3.05) is 13.2 Å². The predicted octanol–water partition coefficient (Wildman–Crippen LogP) is 4.74. The smallest absolute Gasteiger partial charge is 0.123 e. The van der Waals surface area contributed by atoms with E-state index in [1.165, 1.54) is 18.2 Å². The molecule has 2 nitrogen and oxygen atoms in total. The number of halogens is 2. The quantitative estimate of drug-likeness (QED) is 0.707. The Morgan fingerprint density at radius 2 is 1.91 bits per heavy atom. The minimum Gasteiger partial charge on any atom is -0.493 e. The van der Waals surface area contributed by atoms with Crippen molar-refractivity contribution in [3.63, 3.8) is 0 Å². The lowest BCUT2D eigenvalue weighted by Crippen LogP contribution is -2.25. The van der Waals surface area contributed by atoms with Gasteiger partial charge in [-0.15, -0.1) is 0 Å². The normalized spacial score (nSPS) is 21.3. The van der Waals surface area contributed by atoms with Crippen LogP contribution in [0.2, 0.25) is 0 Å². The largest absolute Gasteiger partial charge is 0.493 e. The van der Waals surface area contributed by atoms with Gasteiger partial charge >= 0.3 is 0 Å². The molecule has 0 fully saturated rings. The van der Waals surface area contributed by atoms with Crippen LogP contribution in [0.5, 0.6) is 5.75 Å². The molecule has 4 heteroatoms. The number of hydrogen-bond acceptors (Lipinski definition) is 2. The highest BCUT2D eigenvalue weighted by atomic mass is 19.1. The average Bonchev–Trinajstić information content (AvgIpc) is 2.42. The zero-order valence-corrected chi connectivity index (χ0v) is 13.2. The fourth-order valence-corrected chi connectivity index (χ4v) is 2.61. The Morgan fingerprint density at radius 3 is 2.59 bits per heavy atom. The van der Waals surface area contributed by atoms with Crippen LogP contribution in [0.1, 0.15) is 25.8 Å². The Morgan fingerprint density at radius 1 is 1.14 bits per heavy atom. The lowest BCUT2D eigenvalue weighted by Gasteiger charge is -2.26. The van der Waals surface area contributed by atoms with Crippen molar-refractivity contribution >= 4 is 0 Å². The molecular formula is C18H22F2O2. The molecule has 0 bridgehead atoms. The molecular weight excluding hydrogens is 286 g/mol. The molecule has 0 saturated carbocycles. The first-order valence-corrected chi connectivity index (χ1v) is 7.53. The van der Waals surface area contributed by atoms with E-state index in [1.54, 1.807) is 12.1 Å². The second-order valence-electron chi connectivity index (χ2n) is 5.70. The van der Waals surface area contributed by atoms with Gasteiger partial charge < -0.3 is 9.47 Å². The fourth-order valence-electron chi connectivity index (χ4n) is 2.61. The summed E-state index contributed by atoms with van der Waals surface area (Å²) in [5, 5.41) is 0. The monoisotopic (exact) mass is 308 g/mol. The van der Waals surface area contributed by atoms with Crippen LogP contribution in [-0.2, 0) is 4.74 Å². The van der Waals surface area contributed by atoms with Gasteiger partial charge in [0.05, 0.1) is 19.3 Å². The van der Waals surface area contributed by atoms with E-state index in [9.17, 15) is 8.78 Å². The maximum Gasteiger partial charge on any atom is 0.123 e. The standard InChI is InChI=1S/C18H22F2O2/c1-12-9-15(19)5-6-17(12)21-7-4-8-22-18-13(2)10-16(20)11-14(18)3/h5-6,9-11,13,18H,4,7-8H2,1-3H3. The summed E-state index contributed by atoms with van der Waals surface area (Å²) in [6, 6.07) is 4.47. The van der Waals surface area contributed by atoms with Gasteiger partial charge in [-0.25, -0.2) is 8.78 Å². The zero-order chi connectivity index (χ0) is 16.1. The van der Waals surface area contributed by atoms with Gasteiger partial charge in [-0.3, -0.25) is 0 Å². The van der Waals surface area contributed by atoms with Gasteiger partial charge in [0, 0.05) is 12.3 Å². The highest BCUT2D eigenvalue weighted by molar-refractivity contribution is 5.32. The lowest BCUT2D eigenvalue weighted by molar-refractivity contribution is 0.0453. The van der Waals surface area contributed by atoms with Crippen LogP contribution < -0.4 is 4.74 Å². The molecule has 22 heavy (non-hydrogen) atoms. The molecule has 0 aromatic heterocycles. The van der Waals surface area contributed by atoms with Crippen LogP contribution in [-0.4, -0.2) is 19.3 Å². The van der Waals surface area contributed by atoms with E-state index in [4.69, 9.17) is 9.47 Å². The van der Waals surface area contributed by atoms with Crippen LogP contribution in [0.3, 0.4) is 0 Å². The van der Waals surface area contributed by atoms with Crippen LogP contribution in [0.15, 0.2) is 41.8 Å². The molecule has 0 radical (unpaired) electrons. The summed E-state index contributed by atoms with van der Waals surface area (Å²) < 4.78 is 37.7. The van der Waals surface area contributed by atoms with E-state index in [0.29, 0.717) is 19.0 Å². The number of aryl methyl sites for hydroxylation is 1. The summed E-state index contributed by atoms with van der Waals surface area (Å²) in [6.45, 7) is 6.68. The molecule has 1 aliphatic rings. The molecule has 0 aliphatic heterocycles. The Labute approximate surface area is 130 Å². The maximum absolute atomic E-state index is 13.2. The third-order valence-corrected chi connectivity index (χ3v) is 3.69. The Kier molecular flexibility index (Phi) is 5.72. The van der Waals surface area contributed by atoms with Crippen molar-refractivity contribution in [2.45, 2.75) is 33.3 Å². The van der Waals surface area contributed by atoms with Crippen LogP contribution in [0.4, 0.5) is 8.78 Å². The van der Waals surface area contributed by atoms with Gasteiger partial charge in [-0.05, 0) is 55.3 Å². The summed E-state index contributed by atoms with van der Waals surface area (Å²) in [5.74, 6) is 0.265. The van der Waals surface area contributed by atoms with Crippen molar-refractivity contribution in [3.8, 4) is 5.75 Å². The topological polar surface area (TPSA) is 18.5 Å². The second-order valence-corrected chi connectivity index (χ2v) is 5.70. The highest BCUT2D eigenvalue weighted by Crippen LogP contribution is 2.26. The average molecular weight is 308 g/mol. The fraction of sp³-hybridized carbons (Fsp3) is 0.444. The van der Waals surface area contributed by atoms with Gasteiger partial charge in [0.25, 0.3) is 0 Å². The predicted molar refractivity (Wildman–Crippen MR) is 83.1 cm³/mol. The zero-order valence-electron chi connectivity index (χ0n) is 13.2. The first kappa shape index (κ1) is 16.7. The van der Waals surface area contributed by atoms with Gasteiger partial charge in [-0.1, -0.05) is 6.92 Å². The van der Waals surface area contributed by atoms with Gasteiger partial charge in [-0.2, -0.15) is 0 Å². The van der Waals surface area contributed by atoms with E-state index >= 15 is 0 Å². The molecule has 0 spiro atoms. The summed E-state index contributed by atoms with van der Waals surface area (Å²) in [4.78, 5) is 0. The summed E-state index contributed by atoms with van der Waals surface area (Å²) >= 11 is 0. The molecule has 0 amide bonds. The van der Waals surface area contributed by atoms with Crippen LogP contribution >= 0.6 is 0 Å². The van der Waals surface area contributed by atoms with E-state index < -0.39 is 0 Å². The number of benzene rings is 1. The highest BCUT2D eigenvalue weighted by Gasteiger charge is 2.22. The minimum absolute atomic E-state index is 0.0326. The molecule has 2 atom stereocenters. The first-order valence-electron chi connectivity index (χ1n) is 7.53. The first-order chi connectivity index (χ1) is 10.5. The third kappa shape index (κ3) is 4.41.